The van der Waals surface area contributed by atoms with E-state index in [0.717, 1.165) is 0 Å². The Hall–Kier alpha value is -2.39. The van der Waals surface area contributed by atoms with Gasteiger partial charge in [-0.2, -0.15) is 15.4 Å². The number of aromatic nitrogens is 3. The number of aromatic amines is 1. The summed E-state index contributed by atoms with van der Waals surface area (Å²) in [5.74, 6) is -0.423. The van der Waals surface area contributed by atoms with Crippen LogP contribution in [0.2, 0.25) is 0 Å². The normalized spacial score (nSPS) is 10.3. The van der Waals surface area contributed by atoms with Crippen molar-refractivity contribution in [1.82, 2.24) is 15.4 Å². The third kappa shape index (κ3) is 2.42. The highest BCUT2D eigenvalue weighted by Gasteiger charge is 2.21. The van der Waals surface area contributed by atoms with Crippen LogP contribution in [-0.2, 0) is 0 Å². The smallest absolute Gasteiger partial charge is 0.492 e. The number of primary amides is 1. The fourth-order valence-corrected chi connectivity index (χ4v) is 1.69. The quantitative estimate of drug-likeness (QED) is 0.483. The summed E-state index contributed by atoms with van der Waals surface area (Å²) in [7, 11) is -0.301. The van der Waals surface area contributed by atoms with Gasteiger partial charge >= 0.3 is 7.12 Å². The molecule has 5 N–H and O–H groups in total. The number of benzene rings is 1. The summed E-state index contributed by atoms with van der Waals surface area (Å²) in [6.45, 7) is 0. The van der Waals surface area contributed by atoms with Crippen molar-refractivity contribution >= 4 is 18.5 Å². The number of carbonyl (C=O) groups excluding carboxylic acids is 1. The lowest BCUT2D eigenvalue weighted by molar-refractivity contribution is 0.0996. The number of methoxy groups -OCH3 is 1. The number of hydrogen-bond acceptors (Lipinski definition) is 6. The molecule has 1 aromatic carbocycles. The van der Waals surface area contributed by atoms with Gasteiger partial charge in [-0.05, 0) is 18.2 Å². The lowest BCUT2D eigenvalue weighted by Gasteiger charge is -2.09. The first-order valence-electron chi connectivity index (χ1n) is 5.29. The maximum atomic E-state index is 11.2. The Labute approximate surface area is 108 Å². The number of ether oxygens (including phenoxy) is 1. The SMILES string of the molecule is COc1ccc(-c2n[nH]nc2C(N)=O)cc1B(O)O. The standard InChI is InChI=1S/C10H11BN4O4/c1-19-7-3-2-5(4-6(7)11(17)18)8-9(10(12)16)14-15-13-8/h2-4,17-18H,1H3,(H2,12,16)(H,13,14,15). The summed E-state index contributed by atoms with van der Waals surface area (Å²) in [6, 6.07) is 4.58. The van der Waals surface area contributed by atoms with Gasteiger partial charge in [0, 0.05) is 11.0 Å². The van der Waals surface area contributed by atoms with Gasteiger partial charge in [0.05, 0.1) is 7.11 Å². The molecule has 0 saturated heterocycles. The van der Waals surface area contributed by atoms with Crippen molar-refractivity contribution in [2.75, 3.05) is 7.11 Å². The average molecular weight is 262 g/mol. The maximum Gasteiger partial charge on any atom is 0.492 e. The Bertz CT molecular complexity index is 613. The summed E-state index contributed by atoms with van der Waals surface area (Å²) in [6.07, 6.45) is 0. The summed E-state index contributed by atoms with van der Waals surface area (Å²) in [5, 5.41) is 28.3. The van der Waals surface area contributed by atoms with Gasteiger partial charge < -0.3 is 20.5 Å². The molecule has 2 aromatic rings. The van der Waals surface area contributed by atoms with Gasteiger partial charge in [-0.25, -0.2) is 0 Å². The molecule has 0 atom stereocenters. The summed E-state index contributed by atoms with van der Waals surface area (Å²) < 4.78 is 5.00. The van der Waals surface area contributed by atoms with Crippen LogP contribution in [0.15, 0.2) is 18.2 Å². The second kappa shape index (κ2) is 5.08. The van der Waals surface area contributed by atoms with E-state index in [1.54, 1.807) is 6.07 Å². The van der Waals surface area contributed by atoms with E-state index in [2.05, 4.69) is 15.4 Å². The number of amides is 1. The van der Waals surface area contributed by atoms with Crippen LogP contribution in [0.3, 0.4) is 0 Å². The van der Waals surface area contributed by atoms with Crippen molar-refractivity contribution in [1.29, 1.82) is 0 Å². The van der Waals surface area contributed by atoms with Gasteiger partial charge in [0.2, 0.25) is 0 Å². The second-order valence-corrected chi connectivity index (χ2v) is 3.72. The molecule has 0 unspecified atom stereocenters. The third-order valence-electron chi connectivity index (χ3n) is 2.56. The van der Waals surface area contributed by atoms with Crippen LogP contribution in [0.1, 0.15) is 10.5 Å². The van der Waals surface area contributed by atoms with E-state index in [1.807, 2.05) is 0 Å². The third-order valence-corrected chi connectivity index (χ3v) is 2.56. The second-order valence-electron chi connectivity index (χ2n) is 3.72. The van der Waals surface area contributed by atoms with Gasteiger partial charge in [-0.15, -0.1) is 0 Å². The highest BCUT2D eigenvalue weighted by molar-refractivity contribution is 6.59. The Kier molecular flexibility index (Phi) is 3.49. The molecule has 2 rings (SSSR count). The van der Waals surface area contributed by atoms with Crippen LogP contribution in [0.5, 0.6) is 5.75 Å². The van der Waals surface area contributed by atoms with Crippen LogP contribution >= 0.6 is 0 Å². The minimum absolute atomic E-state index is 0.0245. The molecule has 0 radical (unpaired) electrons. The highest BCUT2D eigenvalue weighted by Crippen LogP contribution is 2.21. The van der Waals surface area contributed by atoms with E-state index in [0.29, 0.717) is 11.3 Å². The van der Waals surface area contributed by atoms with E-state index < -0.39 is 13.0 Å². The molecule has 1 heterocycles. The van der Waals surface area contributed by atoms with Gasteiger partial charge in [0.1, 0.15) is 11.4 Å². The number of carbonyl (C=O) groups is 1. The molecule has 98 valence electrons. The van der Waals surface area contributed by atoms with Gasteiger partial charge in [-0.1, -0.05) is 0 Å². The first-order chi connectivity index (χ1) is 9.04. The molecule has 0 fully saturated rings. The zero-order valence-electron chi connectivity index (χ0n) is 9.99. The molecule has 0 saturated carbocycles. The minimum Gasteiger partial charge on any atom is -0.497 e. The summed E-state index contributed by atoms with van der Waals surface area (Å²) in [4.78, 5) is 11.2. The first-order valence-corrected chi connectivity index (χ1v) is 5.29. The lowest BCUT2D eigenvalue weighted by Crippen LogP contribution is -2.31. The Morgan fingerprint density at radius 2 is 2.16 bits per heavy atom. The van der Waals surface area contributed by atoms with Crippen molar-refractivity contribution in [3.05, 3.63) is 23.9 Å². The van der Waals surface area contributed by atoms with Crippen LogP contribution in [0, 0.1) is 0 Å². The predicted octanol–water partition coefficient (Wildman–Crippen LogP) is -1.74. The minimum atomic E-state index is -1.71. The van der Waals surface area contributed by atoms with Crippen LogP contribution in [0.25, 0.3) is 11.3 Å². The molecule has 0 spiro atoms. The molecule has 19 heavy (non-hydrogen) atoms. The summed E-state index contributed by atoms with van der Waals surface area (Å²) in [5.41, 5.74) is 5.99. The number of hydrogen-bond donors (Lipinski definition) is 4. The Balaban J connectivity index is 2.54. The number of nitrogens with zero attached hydrogens (tertiary/aromatic N) is 2. The van der Waals surface area contributed by atoms with Crippen LogP contribution in [0.4, 0.5) is 0 Å². The van der Waals surface area contributed by atoms with E-state index in [4.69, 9.17) is 10.5 Å². The van der Waals surface area contributed by atoms with E-state index >= 15 is 0 Å². The molecule has 1 aromatic heterocycles. The number of nitrogens with one attached hydrogen (secondary N) is 1. The molecule has 0 aliphatic heterocycles. The highest BCUT2D eigenvalue weighted by atomic mass is 16.5. The molecule has 1 amide bonds. The monoisotopic (exact) mass is 262 g/mol. The van der Waals surface area contributed by atoms with Crippen molar-refractivity contribution < 1.29 is 19.6 Å². The fourth-order valence-electron chi connectivity index (χ4n) is 1.69. The Morgan fingerprint density at radius 3 is 2.74 bits per heavy atom. The number of H-pyrrole nitrogens is 1. The molecule has 8 nitrogen and oxygen atoms in total. The van der Waals surface area contributed by atoms with Crippen molar-refractivity contribution in [3.63, 3.8) is 0 Å². The van der Waals surface area contributed by atoms with Crippen molar-refractivity contribution in [2.24, 2.45) is 5.73 Å². The predicted molar refractivity (Wildman–Crippen MR) is 66.7 cm³/mol. The van der Waals surface area contributed by atoms with E-state index in [9.17, 15) is 14.8 Å². The molecule has 0 aliphatic rings. The van der Waals surface area contributed by atoms with E-state index in [-0.39, 0.29) is 16.9 Å². The first kappa shape index (κ1) is 13.1. The molecule has 9 heteroatoms. The van der Waals surface area contributed by atoms with Crippen LogP contribution in [-0.4, -0.2) is 45.6 Å². The largest absolute Gasteiger partial charge is 0.497 e. The summed E-state index contributed by atoms with van der Waals surface area (Å²) >= 11 is 0. The van der Waals surface area contributed by atoms with Gasteiger partial charge in [-0.3, -0.25) is 4.79 Å². The molecular formula is C10H11BN4O4. The maximum absolute atomic E-state index is 11.2. The number of rotatable bonds is 4. The zero-order valence-corrected chi connectivity index (χ0v) is 9.99. The Morgan fingerprint density at radius 1 is 1.42 bits per heavy atom. The topological polar surface area (TPSA) is 134 Å². The zero-order chi connectivity index (χ0) is 14.0. The average Bonchev–Trinajstić information content (AvgIpc) is 2.87. The van der Waals surface area contributed by atoms with Crippen molar-refractivity contribution in [2.45, 2.75) is 0 Å². The molecular weight excluding hydrogens is 251 g/mol. The van der Waals surface area contributed by atoms with Gasteiger partial charge in [0.25, 0.3) is 5.91 Å². The molecule has 0 aliphatic carbocycles. The van der Waals surface area contributed by atoms with Crippen LogP contribution < -0.4 is 15.9 Å². The molecule has 0 bridgehead atoms. The lowest BCUT2D eigenvalue weighted by atomic mass is 9.78. The van der Waals surface area contributed by atoms with E-state index in [1.165, 1.54) is 19.2 Å². The van der Waals surface area contributed by atoms with Crippen molar-refractivity contribution in [3.8, 4) is 17.0 Å². The fraction of sp³-hybridized carbons (Fsp3) is 0.100. The number of nitrogens with two attached hydrogens (primary N) is 1. The van der Waals surface area contributed by atoms with Gasteiger partial charge in [0.15, 0.2) is 5.69 Å².